The molecule has 2 aliphatic heterocycles. The molecule has 7 heteroatoms. The van der Waals surface area contributed by atoms with Crippen LogP contribution in [0.25, 0.3) is 0 Å². The average molecular weight is 374 g/mol. The number of rotatable bonds is 7. The molecule has 0 saturated carbocycles. The number of thiophene rings is 1. The molecule has 26 heavy (non-hydrogen) atoms. The van der Waals surface area contributed by atoms with Crippen LogP contribution in [0.4, 0.5) is 0 Å². The molecule has 4 heterocycles. The van der Waals surface area contributed by atoms with E-state index in [9.17, 15) is 4.79 Å². The van der Waals surface area contributed by atoms with Gasteiger partial charge in [0.05, 0.1) is 11.4 Å². The van der Waals surface area contributed by atoms with Gasteiger partial charge < -0.3 is 9.88 Å². The molecule has 1 amide bonds. The lowest BCUT2D eigenvalue weighted by atomic mass is 10.2. The fraction of sp³-hybridized carbons (Fsp3) is 0.632. The zero-order chi connectivity index (χ0) is 17.9. The Kier molecular flexibility index (Phi) is 5.36. The second kappa shape index (κ2) is 7.88. The molecule has 2 aromatic heterocycles. The summed E-state index contributed by atoms with van der Waals surface area (Å²) in [5.74, 6) is 1.90. The van der Waals surface area contributed by atoms with Gasteiger partial charge >= 0.3 is 0 Å². The van der Waals surface area contributed by atoms with Crippen molar-refractivity contribution in [3.05, 3.63) is 33.5 Å². The van der Waals surface area contributed by atoms with Crippen molar-refractivity contribution >= 4 is 17.2 Å². The summed E-state index contributed by atoms with van der Waals surface area (Å²) in [6.07, 6.45) is 7.05. The number of hydrogen-bond acceptors (Lipinski definition) is 5. The number of carbonyl (C=O) groups is 1. The molecule has 2 aromatic rings. The Balaban J connectivity index is 1.37. The molecule has 1 atom stereocenters. The largest absolute Gasteiger partial charge is 0.344 e. The Hall–Kier alpha value is -1.73. The second-order valence-corrected chi connectivity index (χ2v) is 8.34. The van der Waals surface area contributed by atoms with Crippen LogP contribution >= 0.6 is 11.3 Å². The highest BCUT2D eigenvalue weighted by Crippen LogP contribution is 2.36. The van der Waals surface area contributed by atoms with E-state index < -0.39 is 0 Å². The van der Waals surface area contributed by atoms with Crippen molar-refractivity contribution in [1.29, 1.82) is 0 Å². The summed E-state index contributed by atoms with van der Waals surface area (Å²) >= 11 is 1.64. The van der Waals surface area contributed by atoms with E-state index in [-0.39, 0.29) is 5.91 Å². The van der Waals surface area contributed by atoms with Gasteiger partial charge in [0.1, 0.15) is 5.82 Å². The van der Waals surface area contributed by atoms with Crippen molar-refractivity contribution < 1.29 is 4.79 Å². The molecule has 1 N–H and O–H groups in total. The van der Waals surface area contributed by atoms with Crippen LogP contribution in [0.3, 0.4) is 0 Å². The number of likely N-dealkylation sites (tertiary alicyclic amines) is 1. The van der Waals surface area contributed by atoms with Crippen LogP contribution in [0.5, 0.6) is 0 Å². The average Bonchev–Trinajstić information content (AvgIpc) is 3.42. The highest BCUT2D eigenvalue weighted by atomic mass is 32.1. The minimum atomic E-state index is -0.00491. The van der Waals surface area contributed by atoms with E-state index in [4.69, 9.17) is 0 Å². The van der Waals surface area contributed by atoms with Crippen LogP contribution in [0.1, 0.15) is 71.3 Å². The van der Waals surface area contributed by atoms with Crippen molar-refractivity contribution in [1.82, 2.24) is 25.0 Å². The standard InChI is InChI=1S/C19H27N5OS/c1-2-3-10-23-11-4-6-14(23)15-8-9-16(26-15)19(25)20-13-18-22-21-17-7-5-12-24(17)18/h8-9,14H,2-7,10-13H2,1H3,(H,20,25)/t14-/m1/s1. The number of hydrogen-bond donors (Lipinski definition) is 1. The number of nitrogens with zero attached hydrogens (tertiary/aromatic N) is 4. The highest BCUT2D eigenvalue weighted by Gasteiger charge is 2.27. The minimum absolute atomic E-state index is 0.00491. The van der Waals surface area contributed by atoms with Gasteiger partial charge in [0.25, 0.3) is 5.91 Å². The maximum atomic E-state index is 12.6. The molecular weight excluding hydrogens is 346 g/mol. The zero-order valence-electron chi connectivity index (χ0n) is 15.4. The van der Waals surface area contributed by atoms with Crippen LogP contribution in [0.15, 0.2) is 12.1 Å². The first-order valence-corrected chi connectivity index (χ1v) is 10.6. The van der Waals surface area contributed by atoms with E-state index in [0.717, 1.165) is 35.9 Å². The van der Waals surface area contributed by atoms with Crippen molar-refractivity contribution in [3.8, 4) is 0 Å². The molecule has 4 rings (SSSR count). The fourth-order valence-electron chi connectivity index (χ4n) is 4.02. The van der Waals surface area contributed by atoms with E-state index in [1.807, 2.05) is 6.07 Å². The van der Waals surface area contributed by atoms with E-state index >= 15 is 0 Å². The quantitative estimate of drug-likeness (QED) is 0.810. The number of unbranched alkanes of at least 4 members (excludes halogenated alkanes) is 1. The van der Waals surface area contributed by atoms with Gasteiger partial charge in [0.2, 0.25) is 0 Å². The molecule has 140 valence electrons. The van der Waals surface area contributed by atoms with Crippen molar-refractivity contribution in [2.75, 3.05) is 13.1 Å². The Bertz CT molecular complexity index is 768. The van der Waals surface area contributed by atoms with E-state index in [0.29, 0.717) is 12.6 Å². The molecule has 0 unspecified atom stereocenters. The third-order valence-electron chi connectivity index (χ3n) is 5.43. The minimum Gasteiger partial charge on any atom is -0.344 e. The summed E-state index contributed by atoms with van der Waals surface area (Å²) in [5.41, 5.74) is 0. The molecule has 0 aliphatic carbocycles. The van der Waals surface area contributed by atoms with Gasteiger partial charge in [-0.1, -0.05) is 13.3 Å². The number of aryl methyl sites for hydroxylation is 1. The van der Waals surface area contributed by atoms with Crippen LogP contribution < -0.4 is 5.32 Å². The van der Waals surface area contributed by atoms with Crippen LogP contribution in [0.2, 0.25) is 0 Å². The SMILES string of the molecule is CCCCN1CCC[C@@H]1c1ccc(C(=O)NCc2nnc3n2CCC3)s1. The molecular formula is C19H27N5OS. The van der Waals surface area contributed by atoms with Crippen LogP contribution in [-0.4, -0.2) is 38.7 Å². The normalized spacial score (nSPS) is 19.8. The Morgan fingerprint density at radius 2 is 2.23 bits per heavy atom. The number of nitrogens with one attached hydrogen (secondary N) is 1. The summed E-state index contributed by atoms with van der Waals surface area (Å²) in [6.45, 7) is 6.00. The summed E-state index contributed by atoms with van der Waals surface area (Å²) in [4.78, 5) is 17.3. The molecule has 1 fully saturated rings. The van der Waals surface area contributed by atoms with Gasteiger partial charge in [-0.2, -0.15) is 0 Å². The van der Waals surface area contributed by atoms with Gasteiger partial charge in [-0.3, -0.25) is 9.69 Å². The molecule has 0 aromatic carbocycles. The van der Waals surface area contributed by atoms with Crippen LogP contribution in [0, 0.1) is 0 Å². The summed E-state index contributed by atoms with van der Waals surface area (Å²) in [5, 5.41) is 11.4. The van der Waals surface area contributed by atoms with Crippen molar-refractivity contribution in [2.45, 2.75) is 64.6 Å². The summed E-state index contributed by atoms with van der Waals surface area (Å²) < 4.78 is 2.13. The number of fused-ring (bicyclic) bond motifs is 1. The highest BCUT2D eigenvalue weighted by molar-refractivity contribution is 7.14. The lowest BCUT2D eigenvalue weighted by Gasteiger charge is -2.23. The van der Waals surface area contributed by atoms with Crippen LogP contribution in [-0.2, 0) is 19.5 Å². The molecule has 0 spiro atoms. The van der Waals surface area contributed by atoms with Crippen molar-refractivity contribution in [3.63, 3.8) is 0 Å². The first-order chi connectivity index (χ1) is 12.8. The molecule has 2 aliphatic rings. The predicted molar refractivity (Wildman–Crippen MR) is 102 cm³/mol. The Morgan fingerprint density at radius 1 is 1.31 bits per heavy atom. The van der Waals surface area contributed by atoms with Gasteiger partial charge in [-0.05, 0) is 50.9 Å². The first kappa shape index (κ1) is 17.7. The molecule has 1 saturated heterocycles. The number of amides is 1. The zero-order valence-corrected chi connectivity index (χ0v) is 16.2. The van der Waals surface area contributed by atoms with E-state index in [1.165, 1.54) is 43.6 Å². The number of carbonyl (C=O) groups excluding carboxylic acids is 1. The van der Waals surface area contributed by atoms with Gasteiger partial charge in [-0.15, -0.1) is 21.5 Å². The molecule has 0 bridgehead atoms. The topological polar surface area (TPSA) is 63.1 Å². The summed E-state index contributed by atoms with van der Waals surface area (Å²) in [7, 11) is 0. The molecule has 0 radical (unpaired) electrons. The maximum Gasteiger partial charge on any atom is 0.261 e. The van der Waals surface area contributed by atoms with E-state index in [2.05, 4.69) is 38.0 Å². The smallest absolute Gasteiger partial charge is 0.261 e. The fourth-order valence-corrected chi connectivity index (χ4v) is 5.11. The monoisotopic (exact) mass is 373 g/mol. The van der Waals surface area contributed by atoms with E-state index in [1.54, 1.807) is 11.3 Å². The van der Waals surface area contributed by atoms with Gasteiger partial charge in [0, 0.05) is 23.9 Å². The second-order valence-electron chi connectivity index (χ2n) is 7.22. The third kappa shape index (κ3) is 3.55. The van der Waals surface area contributed by atoms with Gasteiger partial charge in [0.15, 0.2) is 5.82 Å². The Morgan fingerprint density at radius 3 is 3.12 bits per heavy atom. The summed E-state index contributed by atoms with van der Waals surface area (Å²) in [6, 6.07) is 4.61. The third-order valence-corrected chi connectivity index (χ3v) is 6.62. The van der Waals surface area contributed by atoms with Gasteiger partial charge in [-0.25, -0.2) is 0 Å². The lowest BCUT2D eigenvalue weighted by Crippen LogP contribution is -2.24. The Labute approximate surface area is 158 Å². The predicted octanol–water partition coefficient (Wildman–Crippen LogP) is 3.15. The van der Waals surface area contributed by atoms with Crippen molar-refractivity contribution in [2.24, 2.45) is 0 Å². The number of aromatic nitrogens is 3. The molecule has 6 nitrogen and oxygen atoms in total. The first-order valence-electron chi connectivity index (χ1n) is 9.79. The lowest BCUT2D eigenvalue weighted by molar-refractivity contribution is 0.0953. The maximum absolute atomic E-state index is 12.6.